The third-order valence-corrected chi connectivity index (χ3v) is 3.72. The van der Waals surface area contributed by atoms with E-state index in [0.29, 0.717) is 18.2 Å². The maximum Gasteiger partial charge on any atom is 0.488 e. The Morgan fingerprint density at radius 3 is 2.40 bits per heavy atom. The molecule has 1 saturated heterocycles. The minimum absolute atomic E-state index is 0.407. The Morgan fingerprint density at radius 1 is 1.20 bits per heavy atom. The first-order valence-electron chi connectivity index (χ1n) is 7.03. The Bertz CT molecular complexity index is 391. The van der Waals surface area contributed by atoms with Gasteiger partial charge in [-0.25, -0.2) is 0 Å². The van der Waals surface area contributed by atoms with Crippen molar-refractivity contribution in [1.82, 2.24) is 4.90 Å². The molecule has 0 bridgehead atoms. The van der Waals surface area contributed by atoms with E-state index in [4.69, 9.17) is 19.5 Å². The molecule has 1 fully saturated rings. The SMILES string of the molecule is COC1CCN(CCOc2ccc(B(O)O)cc2)CC1. The zero-order valence-corrected chi connectivity index (χ0v) is 11.9. The van der Waals surface area contributed by atoms with E-state index >= 15 is 0 Å². The summed E-state index contributed by atoms with van der Waals surface area (Å²) in [6.45, 7) is 3.65. The molecule has 1 heterocycles. The van der Waals surface area contributed by atoms with Crippen LogP contribution in [0, 0.1) is 0 Å². The van der Waals surface area contributed by atoms with Gasteiger partial charge in [0.2, 0.25) is 0 Å². The quantitative estimate of drug-likeness (QED) is 0.709. The second kappa shape index (κ2) is 7.64. The lowest BCUT2D eigenvalue weighted by atomic mass is 9.80. The highest BCUT2D eigenvalue weighted by atomic mass is 16.5. The number of methoxy groups -OCH3 is 1. The number of ether oxygens (including phenoxy) is 2. The molecule has 2 rings (SSSR count). The van der Waals surface area contributed by atoms with Crippen molar-refractivity contribution in [3.05, 3.63) is 24.3 Å². The van der Waals surface area contributed by atoms with Crippen molar-refractivity contribution in [2.75, 3.05) is 33.4 Å². The van der Waals surface area contributed by atoms with Crippen molar-refractivity contribution >= 4 is 12.6 Å². The van der Waals surface area contributed by atoms with Crippen LogP contribution in [0.5, 0.6) is 5.75 Å². The second-order valence-corrected chi connectivity index (χ2v) is 5.07. The molecule has 0 aliphatic carbocycles. The van der Waals surface area contributed by atoms with Crippen LogP contribution >= 0.6 is 0 Å². The smallest absolute Gasteiger partial charge is 0.488 e. The molecule has 0 amide bonds. The number of rotatable bonds is 6. The van der Waals surface area contributed by atoms with E-state index in [1.807, 2.05) is 0 Å². The van der Waals surface area contributed by atoms with E-state index < -0.39 is 7.12 Å². The van der Waals surface area contributed by atoms with Gasteiger partial charge in [-0.1, -0.05) is 12.1 Å². The van der Waals surface area contributed by atoms with Crippen molar-refractivity contribution in [3.8, 4) is 5.75 Å². The molecular weight excluding hydrogens is 257 g/mol. The molecule has 6 heteroatoms. The largest absolute Gasteiger partial charge is 0.492 e. The average Bonchev–Trinajstić information content (AvgIpc) is 2.48. The molecule has 0 saturated carbocycles. The molecule has 0 unspecified atom stereocenters. The first kappa shape index (κ1) is 15.3. The van der Waals surface area contributed by atoms with Crippen molar-refractivity contribution in [2.45, 2.75) is 18.9 Å². The van der Waals surface area contributed by atoms with Crippen LogP contribution in [-0.2, 0) is 4.74 Å². The topological polar surface area (TPSA) is 62.2 Å². The van der Waals surface area contributed by atoms with Crippen LogP contribution < -0.4 is 10.2 Å². The van der Waals surface area contributed by atoms with Gasteiger partial charge in [0.25, 0.3) is 0 Å². The number of nitrogens with zero attached hydrogens (tertiary/aromatic N) is 1. The van der Waals surface area contributed by atoms with Crippen LogP contribution in [0.3, 0.4) is 0 Å². The molecule has 2 N–H and O–H groups in total. The Morgan fingerprint density at radius 2 is 1.85 bits per heavy atom. The van der Waals surface area contributed by atoms with Gasteiger partial charge in [0.15, 0.2) is 0 Å². The van der Waals surface area contributed by atoms with Gasteiger partial charge in [-0.2, -0.15) is 0 Å². The fourth-order valence-electron chi connectivity index (χ4n) is 2.40. The van der Waals surface area contributed by atoms with E-state index in [1.54, 1.807) is 31.4 Å². The summed E-state index contributed by atoms with van der Waals surface area (Å²) in [5.41, 5.74) is 0.471. The zero-order chi connectivity index (χ0) is 14.4. The Labute approximate surface area is 120 Å². The van der Waals surface area contributed by atoms with Crippen LogP contribution in [-0.4, -0.2) is 61.5 Å². The standard InChI is InChI=1S/C14H22BNO4/c1-19-13-6-8-16(9-7-13)10-11-20-14-4-2-12(3-5-14)15(17)18/h2-5,13,17-18H,6-11H2,1H3. The summed E-state index contributed by atoms with van der Waals surface area (Å²) in [6.07, 6.45) is 2.57. The van der Waals surface area contributed by atoms with Crippen LogP contribution in [0.15, 0.2) is 24.3 Å². The highest BCUT2D eigenvalue weighted by molar-refractivity contribution is 6.58. The molecule has 1 aromatic rings. The highest BCUT2D eigenvalue weighted by Gasteiger charge is 2.18. The lowest BCUT2D eigenvalue weighted by Crippen LogP contribution is -2.38. The fourth-order valence-corrected chi connectivity index (χ4v) is 2.40. The maximum atomic E-state index is 9.00. The van der Waals surface area contributed by atoms with E-state index in [2.05, 4.69) is 4.90 Å². The third-order valence-electron chi connectivity index (χ3n) is 3.72. The molecule has 5 nitrogen and oxygen atoms in total. The van der Waals surface area contributed by atoms with E-state index in [0.717, 1.165) is 38.2 Å². The molecule has 0 spiro atoms. The predicted octanol–water partition coefficient (Wildman–Crippen LogP) is -0.144. The van der Waals surface area contributed by atoms with Crippen molar-refractivity contribution in [1.29, 1.82) is 0 Å². The van der Waals surface area contributed by atoms with Gasteiger partial charge >= 0.3 is 7.12 Å². The van der Waals surface area contributed by atoms with Crippen molar-refractivity contribution in [3.63, 3.8) is 0 Å². The molecule has 1 aliphatic heterocycles. The number of hydrogen-bond acceptors (Lipinski definition) is 5. The summed E-state index contributed by atoms with van der Waals surface area (Å²) >= 11 is 0. The number of piperidine rings is 1. The third kappa shape index (κ3) is 4.49. The molecular formula is C14H22BNO4. The average molecular weight is 279 g/mol. The molecule has 110 valence electrons. The van der Waals surface area contributed by atoms with E-state index in [-0.39, 0.29) is 0 Å². The van der Waals surface area contributed by atoms with Crippen LogP contribution in [0.1, 0.15) is 12.8 Å². The monoisotopic (exact) mass is 279 g/mol. The molecule has 1 aromatic carbocycles. The van der Waals surface area contributed by atoms with Crippen molar-refractivity contribution < 1.29 is 19.5 Å². The Balaban J connectivity index is 1.68. The minimum Gasteiger partial charge on any atom is -0.492 e. The van der Waals surface area contributed by atoms with Gasteiger partial charge in [0.1, 0.15) is 12.4 Å². The second-order valence-electron chi connectivity index (χ2n) is 5.07. The summed E-state index contributed by atoms with van der Waals surface area (Å²) in [6, 6.07) is 6.83. The van der Waals surface area contributed by atoms with Crippen LogP contribution in [0.2, 0.25) is 0 Å². The molecule has 20 heavy (non-hydrogen) atoms. The first-order chi connectivity index (χ1) is 9.69. The number of hydrogen-bond donors (Lipinski definition) is 2. The van der Waals surface area contributed by atoms with Gasteiger partial charge in [0, 0.05) is 26.7 Å². The highest BCUT2D eigenvalue weighted by Crippen LogP contribution is 2.13. The van der Waals surface area contributed by atoms with Gasteiger partial charge in [-0.15, -0.1) is 0 Å². The molecule has 1 aliphatic rings. The zero-order valence-electron chi connectivity index (χ0n) is 11.9. The molecule has 0 radical (unpaired) electrons. The van der Waals surface area contributed by atoms with Gasteiger partial charge in [-0.05, 0) is 30.4 Å². The molecule has 0 atom stereocenters. The van der Waals surface area contributed by atoms with Gasteiger partial charge in [-0.3, -0.25) is 4.90 Å². The summed E-state index contributed by atoms with van der Waals surface area (Å²) < 4.78 is 11.0. The first-order valence-corrected chi connectivity index (χ1v) is 7.03. The van der Waals surface area contributed by atoms with Crippen LogP contribution in [0.25, 0.3) is 0 Å². The Hall–Kier alpha value is -1.08. The number of benzene rings is 1. The minimum atomic E-state index is -1.42. The number of likely N-dealkylation sites (tertiary alicyclic amines) is 1. The predicted molar refractivity (Wildman–Crippen MR) is 78.2 cm³/mol. The van der Waals surface area contributed by atoms with Crippen LogP contribution in [0.4, 0.5) is 0 Å². The van der Waals surface area contributed by atoms with E-state index in [1.165, 1.54) is 0 Å². The van der Waals surface area contributed by atoms with E-state index in [9.17, 15) is 0 Å². The van der Waals surface area contributed by atoms with Gasteiger partial charge < -0.3 is 19.5 Å². The normalized spacial score (nSPS) is 17.1. The molecule has 0 aromatic heterocycles. The Kier molecular flexibility index (Phi) is 5.85. The summed E-state index contributed by atoms with van der Waals surface area (Å²) in [5, 5.41) is 18.0. The lowest BCUT2D eigenvalue weighted by molar-refractivity contribution is 0.0375. The summed E-state index contributed by atoms with van der Waals surface area (Å²) in [5.74, 6) is 0.751. The maximum absolute atomic E-state index is 9.00. The lowest BCUT2D eigenvalue weighted by Gasteiger charge is -2.30. The fraction of sp³-hybridized carbons (Fsp3) is 0.571. The van der Waals surface area contributed by atoms with Gasteiger partial charge in [0.05, 0.1) is 6.10 Å². The van der Waals surface area contributed by atoms with Crippen molar-refractivity contribution in [2.24, 2.45) is 0 Å². The summed E-state index contributed by atoms with van der Waals surface area (Å²) in [4.78, 5) is 2.38. The summed E-state index contributed by atoms with van der Waals surface area (Å²) in [7, 11) is 0.349.